The summed E-state index contributed by atoms with van der Waals surface area (Å²) in [6, 6.07) is 12.8. The summed E-state index contributed by atoms with van der Waals surface area (Å²) in [5, 5.41) is 0. The SMILES string of the molecule is CCC(NS(=O)(=O)c1c(C)cc(OC)cc1C)c1ccccc1. The summed E-state index contributed by atoms with van der Waals surface area (Å²) in [5.74, 6) is 0.661. The molecule has 2 rings (SSSR count). The summed E-state index contributed by atoms with van der Waals surface area (Å²) in [7, 11) is -2.04. The highest BCUT2D eigenvalue weighted by atomic mass is 32.2. The summed E-state index contributed by atoms with van der Waals surface area (Å²) in [5.41, 5.74) is 2.32. The summed E-state index contributed by atoms with van der Waals surface area (Å²) in [6.07, 6.45) is 0.678. The van der Waals surface area contributed by atoms with Crippen molar-refractivity contribution in [2.45, 2.75) is 38.1 Å². The van der Waals surface area contributed by atoms with Crippen LogP contribution in [0.4, 0.5) is 0 Å². The fraction of sp³-hybridized carbons (Fsp3) is 0.333. The molecule has 0 radical (unpaired) electrons. The second kappa shape index (κ2) is 7.15. The molecule has 0 saturated heterocycles. The van der Waals surface area contributed by atoms with Gasteiger partial charge in [-0.25, -0.2) is 13.1 Å². The Bertz CT molecular complexity index is 747. The predicted molar refractivity (Wildman–Crippen MR) is 92.3 cm³/mol. The first-order chi connectivity index (χ1) is 10.9. The van der Waals surface area contributed by atoms with Gasteiger partial charge in [-0.3, -0.25) is 0 Å². The summed E-state index contributed by atoms with van der Waals surface area (Å²) in [4.78, 5) is 0.327. The molecule has 0 amide bonds. The second-order valence-corrected chi connectivity index (χ2v) is 7.23. The molecule has 0 bridgehead atoms. The topological polar surface area (TPSA) is 55.4 Å². The predicted octanol–water partition coefficient (Wildman–Crippen LogP) is 3.74. The Hall–Kier alpha value is -1.85. The van der Waals surface area contributed by atoms with Crippen molar-refractivity contribution in [2.24, 2.45) is 0 Å². The number of nitrogens with one attached hydrogen (secondary N) is 1. The highest BCUT2D eigenvalue weighted by Gasteiger charge is 2.24. The lowest BCUT2D eigenvalue weighted by atomic mass is 10.1. The molecule has 0 aromatic heterocycles. The molecule has 0 aliphatic heterocycles. The Morgan fingerprint density at radius 2 is 1.65 bits per heavy atom. The van der Waals surface area contributed by atoms with Gasteiger partial charge in [-0.2, -0.15) is 0 Å². The number of hydrogen-bond donors (Lipinski definition) is 1. The van der Waals surface area contributed by atoms with Gasteiger partial charge in [0.2, 0.25) is 10.0 Å². The molecular formula is C18H23NO3S. The molecule has 0 aliphatic carbocycles. The number of rotatable bonds is 6. The van der Waals surface area contributed by atoms with Crippen molar-refractivity contribution in [2.75, 3.05) is 7.11 Å². The third-order valence-electron chi connectivity index (χ3n) is 3.85. The average molecular weight is 333 g/mol. The molecule has 0 fully saturated rings. The van der Waals surface area contributed by atoms with Crippen LogP contribution in [0.25, 0.3) is 0 Å². The van der Waals surface area contributed by atoms with E-state index in [0.717, 1.165) is 5.56 Å². The van der Waals surface area contributed by atoms with Crippen molar-refractivity contribution in [1.29, 1.82) is 0 Å². The first-order valence-corrected chi connectivity index (χ1v) is 9.10. The van der Waals surface area contributed by atoms with Crippen molar-refractivity contribution < 1.29 is 13.2 Å². The normalized spacial score (nSPS) is 12.9. The Morgan fingerprint density at radius 3 is 2.13 bits per heavy atom. The van der Waals surface area contributed by atoms with Crippen molar-refractivity contribution in [3.63, 3.8) is 0 Å². The molecule has 0 heterocycles. The Kier molecular flexibility index (Phi) is 5.44. The van der Waals surface area contributed by atoms with Crippen molar-refractivity contribution in [3.05, 3.63) is 59.2 Å². The van der Waals surface area contributed by atoms with Crippen molar-refractivity contribution >= 4 is 10.0 Å². The lowest BCUT2D eigenvalue weighted by molar-refractivity contribution is 0.413. The van der Waals surface area contributed by atoms with Crippen LogP contribution in [0.2, 0.25) is 0 Å². The molecular weight excluding hydrogens is 310 g/mol. The highest BCUT2D eigenvalue weighted by Crippen LogP contribution is 2.27. The van der Waals surface area contributed by atoms with Gasteiger partial charge in [0.25, 0.3) is 0 Å². The highest BCUT2D eigenvalue weighted by molar-refractivity contribution is 7.89. The first-order valence-electron chi connectivity index (χ1n) is 7.61. The van der Waals surface area contributed by atoms with E-state index in [1.165, 1.54) is 0 Å². The van der Waals surface area contributed by atoms with Crippen LogP contribution in [-0.4, -0.2) is 15.5 Å². The molecule has 0 aliphatic rings. The summed E-state index contributed by atoms with van der Waals surface area (Å²) in [6.45, 7) is 5.54. The van der Waals surface area contributed by atoms with E-state index in [1.807, 2.05) is 37.3 Å². The van der Waals surface area contributed by atoms with Crippen LogP contribution in [0.1, 0.15) is 36.1 Å². The van der Waals surface area contributed by atoms with Crippen LogP contribution >= 0.6 is 0 Å². The maximum Gasteiger partial charge on any atom is 0.241 e. The lowest BCUT2D eigenvalue weighted by Crippen LogP contribution is -2.29. The lowest BCUT2D eigenvalue weighted by Gasteiger charge is -2.20. The van der Waals surface area contributed by atoms with Gasteiger partial charge in [-0.15, -0.1) is 0 Å². The number of methoxy groups -OCH3 is 1. The van der Waals surface area contributed by atoms with E-state index in [4.69, 9.17) is 4.74 Å². The molecule has 5 heteroatoms. The molecule has 124 valence electrons. The van der Waals surface area contributed by atoms with Crippen molar-refractivity contribution in [3.8, 4) is 5.75 Å². The van der Waals surface area contributed by atoms with Gasteiger partial charge in [0, 0.05) is 6.04 Å². The van der Waals surface area contributed by atoms with E-state index in [-0.39, 0.29) is 6.04 Å². The first kappa shape index (κ1) is 17.5. The standard InChI is InChI=1S/C18H23NO3S/c1-5-17(15-9-7-6-8-10-15)19-23(20,21)18-13(2)11-16(22-4)12-14(18)3/h6-12,17,19H,5H2,1-4H3. The minimum atomic E-state index is -3.61. The van der Waals surface area contributed by atoms with E-state index in [0.29, 0.717) is 28.2 Å². The molecule has 0 spiro atoms. The third-order valence-corrected chi connectivity index (χ3v) is 5.62. The maximum absolute atomic E-state index is 12.9. The van der Waals surface area contributed by atoms with Gasteiger partial charge in [-0.05, 0) is 49.1 Å². The Morgan fingerprint density at radius 1 is 1.09 bits per heavy atom. The minimum Gasteiger partial charge on any atom is -0.497 e. The molecule has 0 saturated carbocycles. The molecule has 4 nitrogen and oxygen atoms in total. The van der Waals surface area contributed by atoms with E-state index >= 15 is 0 Å². The summed E-state index contributed by atoms with van der Waals surface area (Å²) < 4.78 is 33.8. The fourth-order valence-corrected chi connectivity index (χ4v) is 4.53. The van der Waals surface area contributed by atoms with Crippen LogP contribution < -0.4 is 9.46 Å². The number of sulfonamides is 1. The quantitative estimate of drug-likeness (QED) is 0.876. The second-order valence-electron chi connectivity index (χ2n) is 5.58. The van der Waals surface area contributed by atoms with Crippen LogP contribution in [0.5, 0.6) is 5.75 Å². The maximum atomic E-state index is 12.9. The van der Waals surface area contributed by atoms with Gasteiger partial charge in [-0.1, -0.05) is 37.3 Å². The number of ether oxygens (including phenoxy) is 1. The zero-order valence-corrected chi connectivity index (χ0v) is 14.8. The van der Waals surface area contributed by atoms with E-state index in [1.54, 1.807) is 33.1 Å². The van der Waals surface area contributed by atoms with Crippen LogP contribution in [0.3, 0.4) is 0 Å². The Labute approximate surface area is 138 Å². The number of aryl methyl sites for hydroxylation is 2. The number of benzene rings is 2. The molecule has 23 heavy (non-hydrogen) atoms. The van der Waals surface area contributed by atoms with Gasteiger partial charge < -0.3 is 4.74 Å². The minimum absolute atomic E-state index is 0.248. The van der Waals surface area contributed by atoms with Gasteiger partial charge in [0.05, 0.1) is 12.0 Å². The smallest absolute Gasteiger partial charge is 0.241 e. The summed E-state index contributed by atoms with van der Waals surface area (Å²) >= 11 is 0. The van der Waals surface area contributed by atoms with Gasteiger partial charge >= 0.3 is 0 Å². The van der Waals surface area contributed by atoms with Crippen LogP contribution in [0, 0.1) is 13.8 Å². The van der Waals surface area contributed by atoms with Crippen LogP contribution in [-0.2, 0) is 10.0 Å². The average Bonchev–Trinajstić information content (AvgIpc) is 2.52. The zero-order valence-electron chi connectivity index (χ0n) is 14.0. The largest absolute Gasteiger partial charge is 0.497 e. The molecule has 2 aromatic rings. The van der Waals surface area contributed by atoms with E-state index in [9.17, 15) is 8.42 Å². The van der Waals surface area contributed by atoms with Crippen LogP contribution in [0.15, 0.2) is 47.4 Å². The molecule has 1 N–H and O–H groups in total. The monoisotopic (exact) mass is 333 g/mol. The zero-order chi connectivity index (χ0) is 17.0. The molecule has 1 atom stereocenters. The van der Waals surface area contributed by atoms with Crippen molar-refractivity contribution in [1.82, 2.24) is 4.72 Å². The Balaban J connectivity index is 2.39. The molecule has 1 unspecified atom stereocenters. The third kappa shape index (κ3) is 3.92. The van der Waals surface area contributed by atoms with Gasteiger partial charge in [0.15, 0.2) is 0 Å². The fourth-order valence-electron chi connectivity index (χ4n) is 2.77. The molecule has 2 aromatic carbocycles. The van der Waals surface area contributed by atoms with Gasteiger partial charge in [0.1, 0.15) is 5.75 Å². The van der Waals surface area contributed by atoms with E-state index in [2.05, 4.69) is 4.72 Å². The number of hydrogen-bond acceptors (Lipinski definition) is 3. The van der Waals surface area contributed by atoms with E-state index < -0.39 is 10.0 Å².